The number of benzene rings is 1. The minimum atomic E-state index is 0.160. The number of hydrogen-bond acceptors (Lipinski definition) is 2. The summed E-state index contributed by atoms with van der Waals surface area (Å²) in [6.07, 6.45) is 0.454. The maximum atomic E-state index is 11.0. The smallest absolute Gasteiger partial charge is 0.134 e. The molecule has 13 heavy (non-hydrogen) atoms. The maximum absolute atomic E-state index is 11.0. The van der Waals surface area contributed by atoms with Gasteiger partial charge in [-0.2, -0.15) is 0 Å². The summed E-state index contributed by atoms with van der Waals surface area (Å²) < 4.78 is 5.17. The third kappa shape index (κ3) is 2.31. The minimum absolute atomic E-state index is 0.160. The van der Waals surface area contributed by atoms with Crippen molar-refractivity contribution in [1.29, 1.82) is 0 Å². The van der Waals surface area contributed by atoms with Crippen LogP contribution in [0.1, 0.15) is 18.1 Å². The fourth-order valence-corrected chi connectivity index (χ4v) is 1.34. The van der Waals surface area contributed by atoms with Crippen molar-refractivity contribution in [1.82, 2.24) is 0 Å². The molecular weight excluding hydrogens is 164 g/mol. The zero-order valence-electron chi connectivity index (χ0n) is 8.26. The van der Waals surface area contributed by atoms with Gasteiger partial charge in [-0.15, -0.1) is 0 Å². The van der Waals surface area contributed by atoms with Crippen molar-refractivity contribution >= 4 is 5.78 Å². The van der Waals surface area contributed by atoms with Crippen LogP contribution in [0.25, 0.3) is 0 Å². The average Bonchev–Trinajstić information content (AvgIpc) is 2.08. The molecule has 0 spiro atoms. The van der Waals surface area contributed by atoms with E-state index in [1.54, 1.807) is 14.0 Å². The van der Waals surface area contributed by atoms with Crippen molar-refractivity contribution in [2.24, 2.45) is 0 Å². The molecule has 0 radical (unpaired) electrons. The molecule has 1 aromatic carbocycles. The Labute approximate surface area is 78.5 Å². The number of carbonyl (C=O) groups excluding carboxylic acids is 1. The molecular formula is C11H14O2. The van der Waals surface area contributed by atoms with Gasteiger partial charge in [0.15, 0.2) is 0 Å². The average molecular weight is 178 g/mol. The van der Waals surface area contributed by atoms with Gasteiger partial charge in [0.25, 0.3) is 0 Å². The van der Waals surface area contributed by atoms with Gasteiger partial charge in [0.1, 0.15) is 11.5 Å². The van der Waals surface area contributed by atoms with Gasteiger partial charge in [0.2, 0.25) is 0 Å². The van der Waals surface area contributed by atoms with E-state index in [1.807, 2.05) is 25.1 Å². The van der Waals surface area contributed by atoms with Crippen molar-refractivity contribution < 1.29 is 9.53 Å². The number of rotatable bonds is 3. The van der Waals surface area contributed by atoms with Crippen LogP contribution in [0.3, 0.4) is 0 Å². The second-order valence-corrected chi connectivity index (χ2v) is 3.13. The van der Waals surface area contributed by atoms with Crippen LogP contribution in [0.2, 0.25) is 0 Å². The molecule has 0 fully saturated rings. The van der Waals surface area contributed by atoms with Gasteiger partial charge in [0.05, 0.1) is 7.11 Å². The molecule has 0 saturated heterocycles. The quantitative estimate of drug-likeness (QED) is 0.708. The lowest BCUT2D eigenvalue weighted by atomic mass is 10.0. The van der Waals surface area contributed by atoms with Gasteiger partial charge in [0, 0.05) is 12.0 Å². The van der Waals surface area contributed by atoms with Gasteiger partial charge in [-0.25, -0.2) is 0 Å². The van der Waals surface area contributed by atoms with Crippen LogP contribution in [0, 0.1) is 6.92 Å². The lowest BCUT2D eigenvalue weighted by Gasteiger charge is -2.09. The van der Waals surface area contributed by atoms with E-state index in [0.29, 0.717) is 6.42 Å². The molecule has 0 atom stereocenters. The van der Waals surface area contributed by atoms with Crippen molar-refractivity contribution in [3.63, 3.8) is 0 Å². The Kier molecular flexibility index (Phi) is 3.07. The number of ketones is 1. The third-order valence-corrected chi connectivity index (χ3v) is 2.01. The first kappa shape index (κ1) is 9.78. The van der Waals surface area contributed by atoms with E-state index in [2.05, 4.69) is 0 Å². The van der Waals surface area contributed by atoms with Crippen LogP contribution in [0.4, 0.5) is 0 Å². The molecule has 0 bridgehead atoms. The lowest BCUT2D eigenvalue weighted by Crippen LogP contribution is -2.01. The summed E-state index contributed by atoms with van der Waals surface area (Å²) >= 11 is 0. The Hall–Kier alpha value is -1.31. The van der Waals surface area contributed by atoms with Gasteiger partial charge >= 0.3 is 0 Å². The third-order valence-electron chi connectivity index (χ3n) is 2.01. The molecule has 70 valence electrons. The van der Waals surface area contributed by atoms with Gasteiger partial charge in [-0.05, 0) is 25.5 Å². The van der Waals surface area contributed by atoms with E-state index in [1.165, 1.54) is 0 Å². The second kappa shape index (κ2) is 4.08. The first-order chi connectivity index (χ1) is 6.15. The monoisotopic (exact) mass is 178 g/mol. The molecule has 1 aromatic rings. The first-order valence-electron chi connectivity index (χ1n) is 4.27. The zero-order valence-corrected chi connectivity index (χ0v) is 8.26. The number of hydrogen-bond donors (Lipinski definition) is 0. The van der Waals surface area contributed by atoms with Crippen molar-refractivity contribution in [2.45, 2.75) is 20.3 Å². The summed E-state index contributed by atoms with van der Waals surface area (Å²) in [4.78, 5) is 11.0. The fourth-order valence-electron chi connectivity index (χ4n) is 1.34. The van der Waals surface area contributed by atoms with Crippen molar-refractivity contribution in [3.8, 4) is 5.75 Å². The van der Waals surface area contributed by atoms with Crippen LogP contribution in [0.5, 0.6) is 5.75 Å². The number of ether oxygens (including phenoxy) is 1. The molecule has 0 aliphatic rings. The highest BCUT2D eigenvalue weighted by Crippen LogP contribution is 2.22. The Bertz CT molecular complexity index is 316. The van der Waals surface area contributed by atoms with E-state index < -0.39 is 0 Å². The van der Waals surface area contributed by atoms with E-state index in [-0.39, 0.29) is 5.78 Å². The number of aryl methyl sites for hydroxylation is 1. The molecule has 0 N–H and O–H groups in total. The molecule has 0 aromatic heterocycles. The fraction of sp³-hybridized carbons (Fsp3) is 0.364. The van der Waals surface area contributed by atoms with E-state index >= 15 is 0 Å². The van der Waals surface area contributed by atoms with E-state index in [0.717, 1.165) is 16.9 Å². The van der Waals surface area contributed by atoms with Crippen LogP contribution < -0.4 is 4.74 Å². The highest BCUT2D eigenvalue weighted by atomic mass is 16.5. The molecule has 2 nitrogen and oxygen atoms in total. The summed E-state index contributed by atoms with van der Waals surface area (Å²) in [5.41, 5.74) is 2.10. The highest BCUT2D eigenvalue weighted by Gasteiger charge is 2.07. The summed E-state index contributed by atoms with van der Waals surface area (Å²) in [5, 5.41) is 0. The van der Waals surface area contributed by atoms with Gasteiger partial charge in [-0.3, -0.25) is 4.79 Å². The summed E-state index contributed by atoms with van der Waals surface area (Å²) in [6, 6.07) is 5.80. The van der Waals surface area contributed by atoms with Crippen LogP contribution in [-0.4, -0.2) is 12.9 Å². The van der Waals surface area contributed by atoms with Crippen molar-refractivity contribution in [3.05, 3.63) is 29.3 Å². The Morgan fingerprint density at radius 3 is 2.69 bits per heavy atom. The first-order valence-corrected chi connectivity index (χ1v) is 4.27. The molecule has 0 unspecified atom stereocenters. The van der Waals surface area contributed by atoms with Crippen LogP contribution in [0.15, 0.2) is 18.2 Å². The van der Waals surface area contributed by atoms with Crippen molar-refractivity contribution in [2.75, 3.05) is 7.11 Å². The lowest BCUT2D eigenvalue weighted by molar-refractivity contribution is -0.116. The van der Waals surface area contributed by atoms with Crippen LogP contribution >= 0.6 is 0 Å². The number of methoxy groups -OCH3 is 1. The molecule has 0 aliphatic heterocycles. The predicted molar refractivity (Wildman–Crippen MR) is 52.1 cm³/mol. The van der Waals surface area contributed by atoms with E-state index in [4.69, 9.17) is 4.74 Å². The Morgan fingerprint density at radius 1 is 1.46 bits per heavy atom. The SMILES string of the molecule is COc1cccc(C)c1CC(C)=O. The van der Waals surface area contributed by atoms with E-state index in [9.17, 15) is 4.79 Å². The molecule has 0 saturated carbocycles. The highest BCUT2D eigenvalue weighted by molar-refractivity contribution is 5.79. The molecule has 2 heteroatoms. The predicted octanol–water partition coefficient (Wildman–Crippen LogP) is 2.14. The number of carbonyl (C=O) groups is 1. The largest absolute Gasteiger partial charge is 0.496 e. The Balaban J connectivity index is 3.07. The van der Waals surface area contributed by atoms with Gasteiger partial charge < -0.3 is 4.74 Å². The standard InChI is InChI=1S/C11H14O2/c1-8-5-4-6-11(13-3)10(8)7-9(2)12/h4-6H,7H2,1-3H3. The zero-order chi connectivity index (χ0) is 9.84. The maximum Gasteiger partial charge on any atom is 0.134 e. The topological polar surface area (TPSA) is 26.3 Å². The summed E-state index contributed by atoms with van der Waals surface area (Å²) in [6.45, 7) is 3.58. The van der Waals surface area contributed by atoms with Gasteiger partial charge in [-0.1, -0.05) is 12.1 Å². The Morgan fingerprint density at radius 2 is 2.15 bits per heavy atom. The summed E-state index contributed by atoms with van der Waals surface area (Å²) in [7, 11) is 1.62. The number of Topliss-reactive ketones (excluding diaryl/α,β-unsaturated/α-hetero) is 1. The minimum Gasteiger partial charge on any atom is -0.496 e. The second-order valence-electron chi connectivity index (χ2n) is 3.13. The molecule has 0 heterocycles. The molecule has 1 rings (SSSR count). The molecule has 0 amide bonds. The normalized spacial score (nSPS) is 9.77. The molecule has 0 aliphatic carbocycles. The summed E-state index contributed by atoms with van der Waals surface area (Å²) in [5.74, 6) is 0.961. The van der Waals surface area contributed by atoms with Crippen LogP contribution in [-0.2, 0) is 11.2 Å².